The van der Waals surface area contributed by atoms with Gasteiger partial charge in [0, 0.05) is 52.3 Å². The number of nitro benzene ring substituents is 1. The van der Waals surface area contributed by atoms with Gasteiger partial charge in [-0.05, 0) is 42.0 Å². The second-order valence-corrected chi connectivity index (χ2v) is 9.18. The fourth-order valence-electron chi connectivity index (χ4n) is 3.99. The molecule has 0 saturated carbocycles. The van der Waals surface area contributed by atoms with E-state index in [2.05, 4.69) is 10.3 Å². The van der Waals surface area contributed by atoms with Gasteiger partial charge in [-0.1, -0.05) is 30.3 Å². The van der Waals surface area contributed by atoms with E-state index in [1.165, 1.54) is 41.7 Å². The number of aromatic nitrogens is 2. The second-order valence-electron chi connectivity index (χ2n) is 8.32. The van der Waals surface area contributed by atoms with E-state index in [0.29, 0.717) is 28.5 Å². The molecule has 186 valence electrons. The third kappa shape index (κ3) is 5.18. The number of anilines is 1. The van der Waals surface area contributed by atoms with Crippen molar-refractivity contribution in [3.8, 4) is 17.3 Å². The summed E-state index contributed by atoms with van der Waals surface area (Å²) in [6.45, 7) is 0.493. The molecule has 2 aromatic heterocycles. The summed E-state index contributed by atoms with van der Waals surface area (Å²) in [6.07, 6.45) is 3.39. The zero-order valence-electron chi connectivity index (χ0n) is 19.7. The number of nitrogens with one attached hydrogen (secondary N) is 1. The molecule has 0 saturated heterocycles. The average molecular weight is 524 g/mol. The van der Waals surface area contributed by atoms with E-state index in [4.69, 9.17) is 0 Å². The predicted octanol–water partition coefficient (Wildman–Crippen LogP) is 6.41. The van der Waals surface area contributed by atoms with Crippen molar-refractivity contribution in [3.05, 3.63) is 117 Å². The Bertz CT molecular complexity index is 1730. The lowest BCUT2D eigenvalue weighted by atomic mass is 10.1. The first-order valence-electron chi connectivity index (χ1n) is 11.4. The van der Waals surface area contributed by atoms with Gasteiger partial charge in [0.05, 0.1) is 10.6 Å². The molecule has 2 heterocycles. The van der Waals surface area contributed by atoms with Crippen LogP contribution in [0.4, 0.5) is 15.2 Å². The number of carbonyl (C=O) groups is 1. The summed E-state index contributed by atoms with van der Waals surface area (Å²) in [6, 6.07) is 21.8. The maximum atomic E-state index is 13.3. The van der Waals surface area contributed by atoms with Gasteiger partial charge in [-0.3, -0.25) is 20.2 Å². The second kappa shape index (κ2) is 10.5. The number of para-hydroxylation sites is 1. The van der Waals surface area contributed by atoms with E-state index in [-0.39, 0.29) is 17.1 Å². The first-order chi connectivity index (χ1) is 18.4. The Morgan fingerprint density at radius 2 is 1.87 bits per heavy atom. The highest BCUT2D eigenvalue weighted by Gasteiger charge is 2.15. The van der Waals surface area contributed by atoms with Crippen molar-refractivity contribution in [2.45, 2.75) is 6.54 Å². The third-order valence-electron chi connectivity index (χ3n) is 5.85. The van der Waals surface area contributed by atoms with Crippen molar-refractivity contribution >= 4 is 45.0 Å². The molecule has 0 unspecified atom stereocenters. The van der Waals surface area contributed by atoms with Crippen molar-refractivity contribution in [2.75, 3.05) is 5.32 Å². The van der Waals surface area contributed by atoms with Gasteiger partial charge in [-0.15, -0.1) is 11.3 Å². The molecule has 0 spiro atoms. The molecule has 38 heavy (non-hydrogen) atoms. The van der Waals surface area contributed by atoms with Gasteiger partial charge >= 0.3 is 0 Å². The molecule has 1 N–H and O–H groups in total. The summed E-state index contributed by atoms with van der Waals surface area (Å²) >= 11 is 1.18. The zero-order chi connectivity index (χ0) is 26.6. The summed E-state index contributed by atoms with van der Waals surface area (Å²) in [5, 5.41) is 26.1. The Morgan fingerprint density at radius 1 is 1.13 bits per heavy atom. The highest BCUT2D eigenvalue weighted by Crippen LogP contribution is 2.28. The van der Waals surface area contributed by atoms with Crippen LogP contribution in [0, 0.1) is 27.3 Å². The van der Waals surface area contributed by atoms with Gasteiger partial charge in [0.2, 0.25) is 0 Å². The Labute approximate surface area is 220 Å². The van der Waals surface area contributed by atoms with Crippen LogP contribution in [0.1, 0.15) is 11.1 Å². The van der Waals surface area contributed by atoms with Gasteiger partial charge in [0.15, 0.2) is 5.13 Å². The summed E-state index contributed by atoms with van der Waals surface area (Å²) in [4.78, 5) is 27.7. The lowest BCUT2D eigenvalue weighted by molar-refractivity contribution is -0.384. The topological polar surface area (TPSA) is 114 Å². The molecular weight excluding hydrogens is 505 g/mol. The van der Waals surface area contributed by atoms with E-state index < -0.39 is 10.8 Å². The summed E-state index contributed by atoms with van der Waals surface area (Å²) in [5.74, 6) is -0.910. The van der Waals surface area contributed by atoms with Crippen molar-refractivity contribution in [1.29, 1.82) is 5.26 Å². The van der Waals surface area contributed by atoms with Crippen LogP contribution in [-0.2, 0) is 11.3 Å². The van der Waals surface area contributed by atoms with Gasteiger partial charge in [0.25, 0.3) is 11.6 Å². The monoisotopic (exact) mass is 523 g/mol. The number of amides is 1. The van der Waals surface area contributed by atoms with E-state index >= 15 is 0 Å². The number of nitrogens with zero attached hydrogens (tertiary/aromatic N) is 4. The highest BCUT2D eigenvalue weighted by molar-refractivity contribution is 7.14. The molecule has 0 aliphatic carbocycles. The largest absolute Gasteiger partial charge is 0.342 e. The molecule has 5 rings (SSSR count). The molecule has 8 nitrogen and oxygen atoms in total. The number of nitriles is 1. The van der Waals surface area contributed by atoms with Crippen LogP contribution in [0.3, 0.4) is 0 Å². The quantitative estimate of drug-likeness (QED) is 0.115. The fraction of sp³-hybridized carbons (Fsp3) is 0.0357. The molecule has 0 aliphatic rings. The first-order valence-corrected chi connectivity index (χ1v) is 12.2. The Balaban J connectivity index is 1.38. The third-order valence-corrected chi connectivity index (χ3v) is 6.61. The van der Waals surface area contributed by atoms with Crippen molar-refractivity contribution in [1.82, 2.24) is 9.55 Å². The number of rotatable bonds is 7. The van der Waals surface area contributed by atoms with Crippen LogP contribution in [0.2, 0.25) is 0 Å². The van der Waals surface area contributed by atoms with Crippen LogP contribution in [-0.4, -0.2) is 20.4 Å². The van der Waals surface area contributed by atoms with Gasteiger partial charge in [0.1, 0.15) is 17.5 Å². The average Bonchev–Trinajstić information content (AvgIpc) is 3.53. The first kappa shape index (κ1) is 24.5. The Hall–Kier alpha value is -5.14. The van der Waals surface area contributed by atoms with E-state index in [0.717, 1.165) is 16.5 Å². The molecule has 10 heteroatoms. The SMILES string of the molecule is N#CC(=Cc1cn(Cc2ccc(F)cc2)c2ccccc12)C(=O)Nc1nc(-c2ccc([N+](=O)[O-])cc2)cs1. The number of non-ortho nitro benzene ring substituents is 1. The van der Waals surface area contributed by atoms with E-state index in [9.17, 15) is 24.6 Å². The van der Waals surface area contributed by atoms with Crippen LogP contribution in [0.25, 0.3) is 28.2 Å². The summed E-state index contributed by atoms with van der Waals surface area (Å²) in [7, 11) is 0. The molecule has 0 atom stereocenters. The normalized spacial score (nSPS) is 11.3. The summed E-state index contributed by atoms with van der Waals surface area (Å²) < 4.78 is 15.3. The maximum absolute atomic E-state index is 13.3. The molecule has 0 bridgehead atoms. The minimum atomic E-state index is -0.604. The Kier molecular flexibility index (Phi) is 6.76. The number of fused-ring (bicyclic) bond motifs is 1. The number of hydrogen-bond donors (Lipinski definition) is 1. The van der Waals surface area contributed by atoms with Crippen LogP contribution >= 0.6 is 11.3 Å². The fourth-order valence-corrected chi connectivity index (χ4v) is 4.71. The van der Waals surface area contributed by atoms with Crippen LogP contribution in [0.5, 0.6) is 0 Å². The number of halogens is 1. The number of carbonyl (C=O) groups excluding carboxylic acids is 1. The summed E-state index contributed by atoms with van der Waals surface area (Å²) in [5.41, 5.74) is 3.60. The number of hydrogen-bond acceptors (Lipinski definition) is 6. The van der Waals surface area contributed by atoms with Crippen molar-refractivity contribution in [3.63, 3.8) is 0 Å². The lowest BCUT2D eigenvalue weighted by Crippen LogP contribution is -2.13. The lowest BCUT2D eigenvalue weighted by Gasteiger charge is -2.05. The molecular formula is C28H18FN5O3S. The minimum absolute atomic E-state index is 0.0275. The highest BCUT2D eigenvalue weighted by atomic mass is 32.1. The number of benzene rings is 3. The predicted molar refractivity (Wildman–Crippen MR) is 144 cm³/mol. The van der Waals surface area contributed by atoms with Crippen LogP contribution in [0.15, 0.2) is 89.9 Å². The smallest absolute Gasteiger partial charge is 0.269 e. The number of thiazole rings is 1. The van der Waals surface area contributed by atoms with Crippen LogP contribution < -0.4 is 5.32 Å². The van der Waals surface area contributed by atoms with Gasteiger partial charge in [-0.25, -0.2) is 9.37 Å². The number of nitro groups is 1. The van der Waals surface area contributed by atoms with E-state index in [1.54, 1.807) is 29.6 Å². The van der Waals surface area contributed by atoms with Gasteiger partial charge < -0.3 is 4.57 Å². The van der Waals surface area contributed by atoms with Crippen molar-refractivity contribution in [2.24, 2.45) is 0 Å². The maximum Gasteiger partial charge on any atom is 0.269 e. The molecule has 0 radical (unpaired) electrons. The molecule has 5 aromatic rings. The van der Waals surface area contributed by atoms with Crippen molar-refractivity contribution < 1.29 is 14.1 Å². The molecule has 1 amide bonds. The zero-order valence-corrected chi connectivity index (χ0v) is 20.5. The minimum Gasteiger partial charge on any atom is -0.342 e. The Morgan fingerprint density at radius 3 is 2.58 bits per heavy atom. The van der Waals surface area contributed by atoms with Gasteiger partial charge in [-0.2, -0.15) is 5.26 Å². The molecule has 0 aliphatic heterocycles. The molecule has 0 fully saturated rings. The van der Waals surface area contributed by atoms with E-state index in [1.807, 2.05) is 41.1 Å². The standard InChI is InChI=1S/C28H18FN5O3S/c29-22-9-5-18(6-10-22)15-33-16-21(24-3-1-2-4-26(24)33)13-20(14-30)27(35)32-28-31-25(17-38-28)19-7-11-23(12-8-19)34(36)37/h1-13,16-17H,15H2,(H,31,32,35). The molecule has 3 aromatic carbocycles.